The van der Waals surface area contributed by atoms with Crippen molar-refractivity contribution >= 4 is 23.2 Å². The first-order chi connectivity index (χ1) is 9.95. The minimum atomic E-state index is -0.572. The first-order valence-electron chi connectivity index (χ1n) is 6.28. The topological polar surface area (TPSA) is 71.1 Å². The van der Waals surface area contributed by atoms with Gasteiger partial charge in [0.15, 0.2) is 0 Å². The van der Waals surface area contributed by atoms with Crippen LogP contribution in [-0.2, 0) is 4.79 Å². The van der Waals surface area contributed by atoms with E-state index in [4.69, 9.17) is 0 Å². The van der Waals surface area contributed by atoms with E-state index in [-0.39, 0.29) is 11.4 Å². The number of carbonyl (C=O) groups excluding carboxylic acids is 2. The van der Waals surface area contributed by atoms with Gasteiger partial charge < -0.3 is 10.6 Å². The molecule has 0 aliphatic heterocycles. The molecule has 0 saturated heterocycles. The number of amides is 2. The van der Waals surface area contributed by atoms with Crippen molar-refractivity contribution < 1.29 is 14.0 Å². The fraction of sp³-hybridized carbons (Fsp3) is 0.133. The van der Waals surface area contributed by atoms with Gasteiger partial charge in [-0.1, -0.05) is 6.07 Å². The summed E-state index contributed by atoms with van der Waals surface area (Å²) < 4.78 is 13.5. The zero-order chi connectivity index (χ0) is 15.4. The first kappa shape index (κ1) is 14.6. The monoisotopic (exact) mass is 287 g/mol. The summed E-state index contributed by atoms with van der Waals surface area (Å²) in [6, 6.07) is 9.03. The highest BCUT2D eigenvalue weighted by Gasteiger charge is 2.10. The van der Waals surface area contributed by atoms with E-state index in [9.17, 15) is 14.0 Å². The van der Waals surface area contributed by atoms with Crippen molar-refractivity contribution in [2.45, 2.75) is 13.8 Å². The number of nitrogens with one attached hydrogen (secondary N) is 2. The molecule has 1 aromatic carbocycles. The van der Waals surface area contributed by atoms with Crippen molar-refractivity contribution in [3.8, 4) is 0 Å². The number of hydrogen-bond donors (Lipinski definition) is 2. The van der Waals surface area contributed by atoms with Crippen LogP contribution in [0.3, 0.4) is 0 Å². The van der Waals surface area contributed by atoms with E-state index in [0.29, 0.717) is 5.69 Å². The first-order valence-corrected chi connectivity index (χ1v) is 6.28. The minimum absolute atomic E-state index is 0.0116. The van der Waals surface area contributed by atoms with Gasteiger partial charge in [0.25, 0.3) is 5.91 Å². The lowest BCUT2D eigenvalue weighted by atomic mass is 10.2. The zero-order valence-electron chi connectivity index (χ0n) is 11.6. The van der Waals surface area contributed by atoms with Crippen LogP contribution in [0.2, 0.25) is 0 Å². The molecule has 0 fully saturated rings. The van der Waals surface area contributed by atoms with E-state index in [2.05, 4.69) is 15.6 Å². The lowest BCUT2D eigenvalue weighted by Gasteiger charge is -2.09. The second-order valence-electron chi connectivity index (χ2n) is 4.49. The molecule has 0 bridgehead atoms. The zero-order valence-corrected chi connectivity index (χ0v) is 11.6. The van der Waals surface area contributed by atoms with Gasteiger partial charge in [0.1, 0.15) is 11.5 Å². The maximum Gasteiger partial charge on any atom is 0.274 e. The van der Waals surface area contributed by atoms with Gasteiger partial charge in [0, 0.05) is 18.3 Å². The molecule has 1 aromatic heterocycles. The molecule has 0 aliphatic rings. The van der Waals surface area contributed by atoms with Crippen molar-refractivity contribution in [1.29, 1.82) is 0 Å². The Hall–Kier alpha value is -2.76. The van der Waals surface area contributed by atoms with Crippen LogP contribution in [0.25, 0.3) is 0 Å². The molecule has 0 saturated carbocycles. The van der Waals surface area contributed by atoms with E-state index < -0.39 is 17.6 Å². The molecule has 2 N–H and O–H groups in total. The molecule has 0 spiro atoms. The highest BCUT2D eigenvalue weighted by Crippen LogP contribution is 2.20. The molecule has 21 heavy (non-hydrogen) atoms. The molecule has 2 aromatic rings. The van der Waals surface area contributed by atoms with Gasteiger partial charge in [-0.3, -0.25) is 9.59 Å². The Morgan fingerprint density at radius 1 is 1.14 bits per heavy atom. The summed E-state index contributed by atoms with van der Waals surface area (Å²) in [7, 11) is 0. The fourth-order valence-electron chi connectivity index (χ4n) is 1.75. The van der Waals surface area contributed by atoms with Gasteiger partial charge in [-0.05, 0) is 37.3 Å². The maximum absolute atomic E-state index is 13.5. The van der Waals surface area contributed by atoms with E-state index >= 15 is 0 Å². The standard InChI is InChI=1S/C15H14FN3O2/c1-9-4-3-5-13(17-9)15(21)19-11-6-7-12(16)14(8-11)18-10(2)20/h3-8H,1-2H3,(H,18,20)(H,19,21). The van der Waals surface area contributed by atoms with Gasteiger partial charge in [0.2, 0.25) is 5.91 Å². The molecule has 5 nitrogen and oxygen atoms in total. The maximum atomic E-state index is 13.5. The van der Waals surface area contributed by atoms with E-state index in [1.165, 1.54) is 25.1 Å². The lowest BCUT2D eigenvalue weighted by molar-refractivity contribution is -0.114. The van der Waals surface area contributed by atoms with Crippen molar-refractivity contribution in [3.63, 3.8) is 0 Å². The minimum Gasteiger partial charge on any atom is -0.324 e. The molecule has 6 heteroatoms. The largest absolute Gasteiger partial charge is 0.324 e. The Morgan fingerprint density at radius 2 is 1.90 bits per heavy atom. The second-order valence-corrected chi connectivity index (χ2v) is 4.49. The van der Waals surface area contributed by atoms with Gasteiger partial charge in [0.05, 0.1) is 5.69 Å². The normalized spacial score (nSPS) is 10.0. The van der Waals surface area contributed by atoms with Gasteiger partial charge in [-0.15, -0.1) is 0 Å². The highest BCUT2D eigenvalue weighted by molar-refractivity contribution is 6.03. The molecule has 0 aliphatic carbocycles. The van der Waals surface area contributed by atoms with Gasteiger partial charge in [-0.25, -0.2) is 9.37 Å². The van der Waals surface area contributed by atoms with Crippen molar-refractivity contribution in [2.75, 3.05) is 10.6 Å². The summed E-state index contributed by atoms with van der Waals surface area (Å²) in [5, 5.41) is 4.96. The summed E-state index contributed by atoms with van der Waals surface area (Å²) in [6.45, 7) is 3.06. The number of benzene rings is 1. The van der Waals surface area contributed by atoms with Crippen molar-refractivity contribution in [3.05, 3.63) is 53.6 Å². The molecule has 1 heterocycles. The van der Waals surface area contributed by atoms with Crippen LogP contribution in [-0.4, -0.2) is 16.8 Å². The Balaban J connectivity index is 2.19. The Morgan fingerprint density at radius 3 is 2.57 bits per heavy atom. The van der Waals surface area contributed by atoms with Crippen molar-refractivity contribution in [2.24, 2.45) is 0 Å². The summed E-state index contributed by atoms with van der Waals surface area (Å²) in [4.78, 5) is 27.1. The number of nitrogens with zero attached hydrogens (tertiary/aromatic N) is 1. The number of carbonyl (C=O) groups is 2. The van der Waals surface area contributed by atoms with E-state index in [0.717, 1.165) is 5.69 Å². The molecule has 108 valence electrons. The SMILES string of the molecule is CC(=O)Nc1cc(NC(=O)c2cccc(C)n2)ccc1F. The van der Waals surface area contributed by atoms with Crippen LogP contribution < -0.4 is 10.6 Å². The third-order valence-corrected chi connectivity index (χ3v) is 2.66. The van der Waals surface area contributed by atoms with Crippen LogP contribution in [0.4, 0.5) is 15.8 Å². The number of pyridine rings is 1. The number of aromatic nitrogens is 1. The van der Waals surface area contributed by atoms with Crippen LogP contribution in [0, 0.1) is 12.7 Å². The second kappa shape index (κ2) is 6.13. The van der Waals surface area contributed by atoms with E-state index in [1.54, 1.807) is 25.1 Å². The van der Waals surface area contributed by atoms with Crippen LogP contribution in [0.1, 0.15) is 23.1 Å². The van der Waals surface area contributed by atoms with Crippen molar-refractivity contribution in [1.82, 2.24) is 4.98 Å². The molecule has 2 amide bonds. The molecular formula is C15H14FN3O2. The van der Waals surface area contributed by atoms with Crippen LogP contribution in [0.5, 0.6) is 0 Å². The van der Waals surface area contributed by atoms with E-state index in [1.807, 2.05) is 0 Å². The van der Waals surface area contributed by atoms with Gasteiger partial charge >= 0.3 is 0 Å². The highest BCUT2D eigenvalue weighted by atomic mass is 19.1. The summed E-state index contributed by atoms with van der Waals surface area (Å²) in [5.74, 6) is -1.37. The molecular weight excluding hydrogens is 273 g/mol. The number of rotatable bonds is 3. The molecule has 2 rings (SSSR count). The summed E-state index contributed by atoms with van der Waals surface area (Å²) in [6.07, 6.45) is 0. The fourth-order valence-corrected chi connectivity index (χ4v) is 1.75. The van der Waals surface area contributed by atoms with Crippen LogP contribution in [0.15, 0.2) is 36.4 Å². The molecule has 0 unspecified atom stereocenters. The third kappa shape index (κ3) is 3.85. The predicted octanol–water partition coefficient (Wildman–Crippen LogP) is 2.74. The molecule has 0 atom stereocenters. The lowest BCUT2D eigenvalue weighted by Crippen LogP contribution is -2.14. The summed E-state index contributed by atoms with van der Waals surface area (Å²) in [5.41, 5.74) is 1.37. The number of aryl methyl sites for hydroxylation is 1. The quantitative estimate of drug-likeness (QED) is 0.911. The average Bonchev–Trinajstić information content (AvgIpc) is 2.42. The predicted molar refractivity (Wildman–Crippen MR) is 77.6 cm³/mol. The average molecular weight is 287 g/mol. The Kier molecular flexibility index (Phi) is 4.27. The smallest absolute Gasteiger partial charge is 0.274 e. The number of hydrogen-bond acceptors (Lipinski definition) is 3. The van der Waals surface area contributed by atoms with Gasteiger partial charge in [-0.2, -0.15) is 0 Å². The number of anilines is 2. The molecule has 0 radical (unpaired) electrons. The van der Waals surface area contributed by atoms with Crippen LogP contribution >= 0.6 is 0 Å². The summed E-state index contributed by atoms with van der Waals surface area (Å²) >= 11 is 0. The Labute approximate surface area is 121 Å². The third-order valence-electron chi connectivity index (χ3n) is 2.66. The number of halogens is 1. The Bertz CT molecular complexity index is 701.